The Hall–Kier alpha value is -2.10. The zero-order valence-corrected chi connectivity index (χ0v) is 11.6. The van der Waals surface area contributed by atoms with Gasteiger partial charge in [-0.3, -0.25) is 0 Å². The maximum Gasteiger partial charge on any atom is 0.338 e. The summed E-state index contributed by atoms with van der Waals surface area (Å²) in [7, 11) is 1.41. The third-order valence-electron chi connectivity index (χ3n) is 3.83. The van der Waals surface area contributed by atoms with Crippen LogP contribution in [-0.2, 0) is 4.74 Å². The third-order valence-corrected chi connectivity index (χ3v) is 3.83. The van der Waals surface area contributed by atoms with Gasteiger partial charge in [-0.2, -0.15) is 0 Å². The summed E-state index contributed by atoms with van der Waals surface area (Å²) in [4.78, 5) is 18.8. The molecular weight excluding hydrogens is 252 g/mol. The van der Waals surface area contributed by atoms with Crippen molar-refractivity contribution in [3.05, 3.63) is 36.0 Å². The number of methoxy groups -OCH3 is 1. The van der Waals surface area contributed by atoms with Gasteiger partial charge in [0.25, 0.3) is 0 Å². The quantitative estimate of drug-likeness (QED) is 0.787. The van der Waals surface area contributed by atoms with Gasteiger partial charge in [-0.15, -0.1) is 0 Å². The predicted molar refractivity (Wildman–Crippen MR) is 79.1 cm³/mol. The van der Waals surface area contributed by atoms with Crippen molar-refractivity contribution in [1.82, 2.24) is 4.98 Å². The number of piperidine rings is 1. The molecule has 104 valence electrons. The average Bonchev–Trinajstić information content (AvgIpc) is 2.53. The van der Waals surface area contributed by atoms with E-state index in [1.165, 1.54) is 26.4 Å². The van der Waals surface area contributed by atoms with Crippen molar-refractivity contribution < 1.29 is 9.53 Å². The van der Waals surface area contributed by atoms with Gasteiger partial charge in [0.05, 0.1) is 12.7 Å². The summed E-state index contributed by atoms with van der Waals surface area (Å²) in [5.74, 6) is 0.602. The van der Waals surface area contributed by atoms with Gasteiger partial charge in [0.15, 0.2) is 0 Å². The van der Waals surface area contributed by atoms with Crippen LogP contribution < -0.4 is 4.90 Å². The van der Waals surface area contributed by atoms with Crippen molar-refractivity contribution in [2.24, 2.45) is 0 Å². The van der Waals surface area contributed by atoms with Gasteiger partial charge >= 0.3 is 5.97 Å². The van der Waals surface area contributed by atoms with Gasteiger partial charge in [-0.1, -0.05) is 12.1 Å². The van der Waals surface area contributed by atoms with E-state index in [9.17, 15) is 4.79 Å². The molecule has 0 aliphatic carbocycles. The molecule has 20 heavy (non-hydrogen) atoms. The molecule has 0 bridgehead atoms. The second-order valence-electron chi connectivity index (χ2n) is 5.08. The molecule has 0 unspecified atom stereocenters. The Labute approximate surface area is 118 Å². The molecule has 4 nitrogen and oxygen atoms in total. The lowest BCUT2D eigenvalue weighted by Crippen LogP contribution is -2.30. The van der Waals surface area contributed by atoms with E-state index in [4.69, 9.17) is 4.74 Å². The van der Waals surface area contributed by atoms with E-state index in [2.05, 4.69) is 9.88 Å². The smallest absolute Gasteiger partial charge is 0.338 e. The van der Waals surface area contributed by atoms with E-state index < -0.39 is 0 Å². The van der Waals surface area contributed by atoms with E-state index in [0.717, 1.165) is 29.7 Å². The molecule has 0 N–H and O–H groups in total. The first-order valence-electron chi connectivity index (χ1n) is 7.02. The van der Waals surface area contributed by atoms with Gasteiger partial charge in [-0.25, -0.2) is 9.78 Å². The number of pyridine rings is 1. The zero-order valence-electron chi connectivity index (χ0n) is 11.6. The number of ether oxygens (including phenoxy) is 1. The van der Waals surface area contributed by atoms with Crippen molar-refractivity contribution in [2.75, 3.05) is 25.1 Å². The zero-order chi connectivity index (χ0) is 13.9. The number of carbonyl (C=O) groups excluding carboxylic acids is 1. The Morgan fingerprint density at radius 3 is 2.75 bits per heavy atom. The minimum atomic E-state index is -0.304. The first kappa shape index (κ1) is 12.9. The van der Waals surface area contributed by atoms with Crippen LogP contribution in [0, 0.1) is 0 Å². The van der Waals surface area contributed by atoms with E-state index in [-0.39, 0.29) is 5.97 Å². The molecule has 0 atom stereocenters. The third kappa shape index (κ3) is 2.22. The summed E-state index contributed by atoms with van der Waals surface area (Å²) in [5, 5.41) is 1.94. The second kappa shape index (κ2) is 5.49. The number of aromatic nitrogens is 1. The summed E-state index contributed by atoms with van der Waals surface area (Å²) in [6.45, 7) is 2.00. The van der Waals surface area contributed by atoms with E-state index in [1.54, 1.807) is 0 Å². The molecule has 1 aliphatic rings. The number of benzene rings is 1. The largest absolute Gasteiger partial charge is 0.465 e. The van der Waals surface area contributed by atoms with Crippen molar-refractivity contribution in [2.45, 2.75) is 19.3 Å². The lowest BCUT2D eigenvalue weighted by Gasteiger charge is -2.29. The topological polar surface area (TPSA) is 42.4 Å². The maximum atomic E-state index is 12.0. The Kier molecular flexibility index (Phi) is 3.54. The summed E-state index contributed by atoms with van der Waals surface area (Å²) < 4.78 is 4.90. The Balaban J connectivity index is 2.18. The summed E-state index contributed by atoms with van der Waals surface area (Å²) >= 11 is 0. The van der Waals surface area contributed by atoms with Crippen LogP contribution in [-0.4, -0.2) is 31.2 Å². The summed E-state index contributed by atoms with van der Waals surface area (Å²) in [6.07, 6.45) is 5.44. The average molecular weight is 270 g/mol. The first-order chi connectivity index (χ1) is 9.81. The highest BCUT2D eigenvalue weighted by Crippen LogP contribution is 2.30. The highest BCUT2D eigenvalue weighted by Gasteiger charge is 2.19. The maximum absolute atomic E-state index is 12.0. The minimum absolute atomic E-state index is 0.304. The number of anilines is 1. The molecule has 4 heteroatoms. The normalized spacial score (nSPS) is 15.3. The fraction of sp³-hybridized carbons (Fsp3) is 0.375. The highest BCUT2D eigenvalue weighted by molar-refractivity contribution is 6.08. The van der Waals surface area contributed by atoms with Crippen LogP contribution in [0.2, 0.25) is 0 Å². The van der Waals surface area contributed by atoms with Crippen LogP contribution in [0.1, 0.15) is 29.6 Å². The molecule has 1 aliphatic heterocycles. The first-order valence-corrected chi connectivity index (χ1v) is 7.02. The predicted octanol–water partition coefficient (Wildman–Crippen LogP) is 3.01. The molecule has 2 aromatic rings. The molecule has 1 aromatic heterocycles. The van der Waals surface area contributed by atoms with Gasteiger partial charge in [0.2, 0.25) is 0 Å². The van der Waals surface area contributed by atoms with Crippen LogP contribution in [0.25, 0.3) is 10.8 Å². The van der Waals surface area contributed by atoms with Crippen molar-refractivity contribution in [3.63, 3.8) is 0 Å². The lowest BCUT2D eigenvalue weighted by atomic mass is 10.0. The van der Waals surface area contributed by atoms with E-state index in [0.29, 0.717) is 5.56 Å². The van der Waals surface area contributed by atoms with Crippen LogP contribution in [0.4, 0.5) is 5.82 Å². The van der Waals surface area contributed by atoms with Crippen LogP contribution >= 0.6 is 0 Å². The van der Waals surface area contributed by atoms with Crippen molar-refractivity contribution in [1.29, 1.82) is 0 Å². The molecule has 1 saturated heterocycles. The molecule has 3 rings (SSSR count). The molecular formula is C16H18N2O2. The number of rotatable bonds is 2. The van der Waals surface area contributed by atoms with Crippen molar-refractivity contribution >= 4 is 22.6 Å². The van der Waals surface area contributed by atoms with Gasteiger partial charge in [-0.05, 0) is 36.8 Å². The molecule has 0 radical (unpaired) electrons. The van der Waals surface area contributed by atoms with Gasteiger partial charge in [0, 0.05) is 24.7 Å². The van der Waals surface area contributed by atoms with E-state index in [1.807, 2.05) is 30.5 Å². The fourth-order valence-corrected chi connectivity index (χ4v) is 2.84. The van der Waals surface area contributed by atoms with Gasteiger partial charge in [0.1, 0.15) is 5.82 Å². The Morgan fingerprint density at radius 2 is 2.00 bits per heavy atom. The highest BCUT2D eigenvalue weighted by atomic mass is 16.5. The van der Waals surface area contributed by atoms with E-state index >= 15 is 0 Å². The molecule has 0 saturated carbocycles. The molecule has 0 spiro atoms. The number of nitrogens with zero attached hydrogens (tertiary/aromatic N) is 2. The molecule has 1 fully saturated rings. The summed E-state index contributed by atoms with van der Waals surface area (Å²) in [6, 6.07) is 7.64. The lowest BCUT2D eigenvalue weighted by molar-refractivity contribution is 0.0603. The number of hydrogen-bond acceptors (Lipinski definition) is 4. The fourth-order valence-electron chi connectivity index (χ4n) is 2.84. The Bertz CT molecular complexity index is 628. The van der Waals surface area contributed by atoms with Crippen LogP contribution in [0.15, 0.2) is 30.5 Å². The van der Waals surface area contributed by atoms with Gasteiger partial charge < -0.3 is 9.64 Å². The van der Waals surface area contributed by atoms with Crippen LogP contribution in [0.5, 0.6) is 0 Å². The molecule has 0 amide bonds. The monoisotopic (exact) mass is 270 g/mol. The number of esters is 1. The summed E-state index contributed by atoms with van der Waals surface area (Å²) in [5.41, 5.74) is 0.596. The second-order valence-corrected chi connectivity index (χ2v) is 5.08. The molecule has 2 heterocycles. The SMILES string of the molecule is COC(=O)c1cccc2ccnc(N3CCCCC3)c12. The van der Waals surface area contributed by atoms with Crippen molar-refractivity contribution in [3.8, 4) is 0 Å². The Morgan fingerprint density at radius 1 is 1.20 bits per heavy atom. The van der Waals surface area contributed by atoms with Crippen LogP contribution in [0.3, 0.4) is 0 Å². The molecule has 1 aromatic carbocycles. The number of fused-ring (bicyclic) bond motifs is 1. The minimum Gasteiger partial charge on any atom is -0.465 e. The number of carbonyl (C=O) groups is 1. The number of hydrogen-bond donors (Lipinski definition) is 0. The standard InChI is InChI=1S/C16H18N2O2/c1-20-16(19)13-7-5-6-12-8-9-17-15(14(12)13)18-10-3-2-4-11-18/h5-9H,2-4,10-11H2,1H3.